The van der Waals surface area contributed by atoms with E-state index >= 15 is 0 Å². The molecule has 0 aromatic heterocycles. The van der Waals surface area contributed by atoms with Gasteiger partial charge in [0, 0.05) is 30.3 Å². The maximum absolute atomic E-state index is 13.0. The van der Waals surface area contributed by atoms with Gasteiger partial charge in [0.2, 0.25) is 5.91 Å². The highest BCUT2D eigenvalue weighted by atomic mass is 32.2. The maximum atomic E-state index is 13.0. The highest BCUT2D eigenvalue weighted by molar-refractivity contribution is 8.04. The average molecular weight is 449 g/mol. The third kappa shape index (κ3) is 5.44. The quantitative estimate of drug-likeness (QED) is 0.639. The molecule has 4 rings (SSSR count). The van der Waals surface area contributed by atoms with Gasteiger partial charge in [-0.25, -0.2) is 0 Å². The lowest BCUT2D eigenvalue weighted by atomic mass is 9.83. The number of nitrogens with zero attached hydrogens (tertiary/aromatic N) is 1. The van der Waals surface area contributed by atoms with Gasteiger partial charge in [-0.05, 0) is 56.2 Å². The third-order valence-electron chi connectivity index (χ3n) is 6.63. The van der Waals surface area contributed by atoms with E-state index in [1.165, 1.54) is 5.56 Å². The van der Waals surface area contributed by atoms with Crippen molar-refractivity contribution in [3.8, 4) is 0 Å². The first-order valence-electron chi connectivity index (χ1n) is 11.6. The van der Waals surface area contributed by atoms with Crippen molar-refractivity contribution < 1.29 is 9.59 Å². The molecule has 1 aliphatic heterocycles. The summed E-state index contributed by atoms with van der Waals surface area (Å²) in [5.41, 5.74) is 2.35. The Balaban J connectivity index is 1.33. The van der Waals surface area contributed by atoms with Crippen LogP contribution in [0, 0.1) is 5.92 Å². The fourth-order valence-corrected chi connectivity index (χ4v) is 6.18. The van der Waals surface area contributed by atoms with E-state index in [-0.39, 0.29) is 29.8 Å². The number of likely N-dealkylation sites (N-methyl/N-ethyl adjacent to an activating group) is 1. The number of carbonyl (C=O) groups excluding carboxylic acids is 2. The van der Waals surface area contributed by atoms with E-state index in [2.05, 4.69) is 36.5 Å². The Kier molecular flexibility index (Phi) is 7.36. The lowest BCUT2D eigenvalue weighted by Crippen LogP contribution is -2.52. The van der Waals surface area contributed by atoms with Crippen molar-refractivity contribution in [2.75, 3.05) is 7.05 Å². The number of nitrogens with one attached hydrogen (secondary N) is 1. The van der Waals surface area contributed by atoms with Crippen LogP contribution < -0.4 is 5.32 Å². The predicted molar refractivity (Wildman–Crippen MR) is 132 cm³/mol. The van der Waals surface area contributed by atoms with Gasteiger partial charge in [0.05, 0.1) is 4.91 Å². The summed E-state index contributed by atoms with van der Waals surface area (Å²) in [5, 5.41) is 3.58. The number of hydrogen-bond donors (Lipinski definition) is 1. The molecule has 1 heterocycles. The van der Waals surface area contributed by atoms with E-state index in [0.717, 1.165) is 42.6 Å². The Morgan fingerprint density at radius 1 is 1.12 bits per heavy atom. The largest absolute Gasteiger partial charge is 0.353 e. The van der Waals surface area contributed by atoms with Gasteiger partial charge in [0.1, 0.15) is 0 Å². The van der Waals surface area contributed by atoms with Crippen LogP contribution >= 0.6 is 11.8 Å². The van der Waals surface area contributed by atoms with Crippen molar-refractivity contribution >= 4 is 29.7 Å². The van der Waals surface area contributed by atoms with E-state index < -0.39 is 0 Å². The van der Waals surface area contributed by atoms with E-state index in [9.17, 15) is 9.59 Å². The summed E-state index contributed by atoms with van der Waals surface area (Å²) in [6.45, 7) is 2.08. The van der Waals surface area contributed by atoms with Crippen LogP contribution in [0.15, 0.2) is 65.6 Å². The molecule has 1 N–H and O–H groups in total. The molecular formula is C27H32N2O2S. The molecule has 4 unspecified atom stereocenters. The van der Waals surface area contributed by atoms with Gasteiger partial charge in [-0.3, -0.25) is 9.59 Å². The third-order valence-corrected chi connectivity index (χ3v) is 8.03. The van der Waals surface area contributed by atoms with Crippen LogP contribution in [0.1, 0.15) is 43.7 Å². The molecule has 2 amide bonds. The number of carbonyl (C=O) groups is 2. The maximum Gasteiger partial charge on any atom is 0.260 e. The molecule has 2 fully saturated rings. The first-order valence-corrected chi connectivity index (χ1v) is 12.4. The van der Waals surface area contributed by atoms with Crippen molar-refractivity contribution in [3.05, 3.63) is 76.7 Å². The average Bonchev–Trinajstić information content (AvgIpc) is 2.82. The van der Waals surface area contributed by atoms with Crippen LogP contribution in [-0.4, -0.2) is 41.1 Å². The van der Waals surface area contributed by atoms with Crippen LogP contribution in [0.25, 0.3) is 6.08 Å². The van der Waals surface area contributed by atoms with Crippen LogP contribution in [-0.2, 0) is 16.0 Å². The Hall–Kier alpha value is -2.53. The summed E-state index contributed by atoms with van der Waals surface area (Å²) in [6.07, 6.45) is 6.46. The number of aryl methyl sites for hydroxylation is 1. The van der Waals surface area contributed by atoms with Gasteiger partial charge in [-0.1, -0.05) is 60.7 Å². The molecule has 1 saturated carbocycles. The van der Waals surface area contributed by atoms with Gasteiger partial charge < -0.3 is 10.2 Å². The number of thioether (sulfide) groups is 1. The molecule has 168 valence electrons. The molecule has 2 aromatic carbocycles. The van der Waals surface area contributed by atoms with Crippen molar-refractivity contribution in [1.29, 1.82) is 0 Å². The number of benzene rings is 2. The predicted octanol–water partition coefficient (Wildman–Crippen LogP) is 4.91. The van der Waals surface area contributed by atoms with Gasteiger partial charge in [0.25, 0.3) is 5.91 Å². The number of rotatable bonds is 6. The Bertz CT molecular complexity index is 960. The summed E-state index contributed by atoms with van der Waals surface area (Å²) >= 11 is 1.69. The standard InChI is InChI=1S/C27H32N2O2S/c1-19(13-14-20-9-5-3-6-10-20)28-26(30)22-15-16-24-23(18-22)29(2)27(31)25(32-24)17-21-11-7-4-8-12-21/h3-12,17,19,22-24H,13-16,18H2,1-2H3,(H,28,30)/b25-17+. The van der Waals surface area contributed by atoms with E-state index in [1.807, 2.05) is 54.4 Å². The molecular weight excluding hydrogens is 416 g/mol. The van der Waals surface area contributed by atoms with E-state index in [1.54, 1.807) is 11.8 Å². The van der Waals surface area contributed by atoms with E-state index in [4.69, 9.17) is 0 Å². The summed E-state index contributed by atoms with van der Waals surface area (Å²) in [4.78, 5) is 28.6. The summed E-state index contributed by atoms with van der Waals surface area (Å²) in [7, 11) is 1.89. The number of fused-ring (bicyclic) bond motifs is 1. The van der Waals surface area contributed by atoms with Crippen LogP contribution in [0.2, 0.25) is 0 Å². The zero-order chi connectivity index (χ0) is 22.5. The van der Waals surface area contributed by atoms with Crippen molar-refractivity contribution in [2.24, 2.45) is 5.92 Å². The summed E-state index contributed by atoms with van der Waals surface area (Å²) in [5.74, 6) is 0.184. The minimum Gasteiger partial charge on any atom is -0.353 e. The molecule has 0 bridgehead atoms. The highest BCUT2D eigenvalue weighted by Gasteiger charge is 2.42. The lowest BCUT2D eigenvalue weighted by molar-refractivity contribution is -0.132. The molecule has 2 aromatic rings. The van der Waals surface area contributed by atoms with E-state index in [0.29, 0.717) is 5.25 Å². The molecule has 4 nitrogen and oxygen atoms in total. The second-order valence-electron chi connectivity index (χ2n) is 9.00. The molecule has 1 aliphatic carbocycles. The Labute approximate surface area is 195 Å². The first kappa shape index (κ1) is 22.7. The molecule has 32 heavy (non-hydrogen) atoms. The Morgan fingerprint density at radius 3 is 2.53 bits per heavy atom. The first-order chi connectivity index (χ1) is 15.5. The summed E-state index contributed by atoms with van der Waals surface area (Å²) in [6, 6.07) is 20.6. The second kappa shape index (κ2) is 10.4. The fraction of sp³-hybridized carbons (Fsp3) is 0.407. The van der Waals surface area contributed by atoms with Gasteiger partial charge in [0.15, 0.2) is 0 Å². The van der Waals surface area contributed by atoms with Crippen LogP contribution in [0.4, 0.5) is 0 Å². The molecule has 5 heteroatoms. The molecule has 0 radical (unpaired) electrons. The smallest absolute Gasteiger partial charge is 0.260 e. The van der Waals surface area contributed by atoms with Gasteiger partial charge >= 0.3 is 0 Å². The minimum absolute atomic E-state index is 0.0223. The van der Waals surface area contributed by atoms with Crippen molar-refractivity contribution in [2.45, 2.75) is 56.4 Å². The Morgan fingerprint density at radius 2 is 1.81 bits per heavy atom. The second-order valence-corrected chi connectivity index (χ2v) is 10.3. The molecule has 1 saturated heterocycles. The molecule has 4 atom stereocenters. The lowest BCUT2D eigenvalue weighted by Gasteiger charge is -2.44. The number of hydrogen-bond acceptors (Lipinski definition) is 3. The van der Waals surface area contributed by atoms with Gasteiger partial charge in [-0.15, -0.1) is 11.8 Å². The normalized spacial score (nSPS) is 25.3. The highest BCUT2D eigenvalue weighted by Crippen LogP contribution is 2.43. The number of amides is 2. The fourth-order valence-electron chi connectivity index (χ4n) is 4.70. The zero-order valence-electron chi connectivity index (χ0n) is 18.9. The zero-order valence-corrected chi connectivity index (χ0v) is 19.7. The molecule has 2 aliphatic rings. The van der Waals surface area contributed by atoms with Crippen LogP contribution in [0.5, 0.6) is 0 Å². The monoisotopic (exact) mass is 448 g/mol. The van der Waals surface area contributed by atoms with Crippen molar-refractivity contribution in [3.63, 3.8) is 0 Å². The van der Waals surface area contributed by atoms with Crippen molar-refractivity contribution in [1.82, 2.24) is 10.2 Å². The summed E-state index contributed by atoms with van der Waals surface area (Å²) < 4.78 is 0. The molecule has 0 spiro atoms. The SMILES string of the molecule is CC(CCc1ccccc1)NC(=O)C1CCC2S/C(=C/c3ccccc3)C(=O)N(C)C2C1. The van der Waals surface area contributed by atoms with Gasteiger partial charge in [-0.2, -0.15) is 0 Å². The minimum atomic E-state index is -0.0223. The topological polar surface area (TPSA) is 49.4 Å². The van der Waals surface area contributed by atoms with Crippen LogP contribution in [0.3, 0.4) is 0 Å².